The minimum absolute atomic E-state index is 0.0481. The lowest BCUT2D eigenvalue weighted by Gasteiger charge is -2.16. The smallest absolute Gasteiger partial charge is 0.338 e. The number of halogens is 1. The van der Waals surface area contributed by atoms with Crippen molar-refractivity contribution < 1.29 is 23.5 Å². The highest BCUT2D eigenvalue weighted by Gasteiger charge is 2.41. The van der Waals surface area contributed by atoms with Crippen LogP contribution in [0.1, 0.15) is 23.7 Å². The van der Waals surface area contributed by atoms with Crippen molar-refractivity contribution in [2.75, 3.05) is 23.9 Å². The number of thioether (sulfide) groups is 1. The molecule has 3 rings (SSSR count). The summed E-state index contributed by atoms with van der Waals surface area (Å²) in [5.41, 5.74) is 1.02. The fourth-order valence-electron chi connectivity index (χ4n) is 2.88. The molecule has 1 N–H and O–H groups in total. The predicted octanol–water partition coefficient (Wildman–Crippen LogP) is 3.47. The molecular weight excluding hydrogens is 409 g/mol. The van der Waals surface area contributed by atoms with Gasteiger partial charge in [-0.3, -0.25) is 14.6 Å². The lowest BCUT2D eigenvalue weighted by molar-refractivity contribution is -0.121. The second kappa shape index (κ2) is 9.53. The number of amides is 2. The van der Waals surface area contributed by atoms with Gasteiger partial charge in [-0.05, 0) is 43.3 Å². The van der Waals surface area contributed by atoms with Gasteiger partial charge in [0, 0.05) is 19.2 Å². The number of carbonyl (C=O) groups is 3. The third-order valence-electron chi connectivity index (χ3n) is 4.30. The summed E-state index contributed by atoms with van der Waals surface area (Å²) < 4.78 is 19.0. The fourth-order valence-corrected chi connectivity index (χ4v) is 3.87. The number of nitrogens with one attached hydrogen (secondary N) is 1. The van der Waals surface area contributed by atoms with E-state index in [1.165, 1.54) is 18.2 Å². The number of imide groups is 1. The molecule has 0 saturated carbocycles. The number of carbonyl (C=O) groups excluding carboxylic acids is 3. The third kappa shape index (κ3) is 4.68. The maximum Gasteiger partial charge on any atom is 0.338 e. The van der Waals surface area contributed by atoms with E-state index in [4.69, 9.17) is 4.74 Å². The Kier molecular flexibility index (Phi) is 6.83. The van der Waals surface area contributed by atoms with Gasteiger partial charge >= 0.3 is 5.97 Å². The van der Waals surface area contributed by atoms with Crippen molar-refractivity contribution in [1.29, 1.82) is 0 Å². The molecule has 7 nitrogen and oxygen atoms in total. The lowest BCUT2D eigenvalue weighted by atomic mass is 10.2. The van der Waals surface area contributed by atoms with E-state index in [0.29, 0.717) is 23.0 Å². The van der Waals surface area contributed by atoms with Gasteiger partial charge in [-0.1, -0.05) is 23.9 Å². The molecule has 0 bridgehead atoms. The molecule has 1 aliphatic heterocycles. The molecule has 0 radical (unpaired) electrons. The van der Waals surface area contributed by atoms with E-state index in [1.807, 2.05) is 0 Å². The number of ether oxygens (including phenoxy) is 1. The summed E-state index contributed by atoms with van der Waals surface area (Å²) >= 11 is 1.09. The first-order valence-electron chi connectivity index (χ1n) is 9.23. The molecule has 1 aliphatic rings. The van der Waals surface area contributed by atoms with E-state index < -0.39 is 28.9 Å². The summed E-state index contributed by atoms with van der Waals surface area (Å²) in [6, 6.07) is 12.3. The molecule has 9 heteroatoms. The topological polar surface area (TPSA) is 88.1 Å². The number of hydrogen-bond donors (Lipinski definition) is 1. The first kappa shape index (κ1) is 21.5. The Balaban J connectivity index is 1.68. The molecule has 30 heavy (non-hydrogen) atoms. The van der Waals surface area contributed by atoms with Crippen LogP contribution in [0.25, 0.3) is 0 Å². The van der Waals surface area contributed by atoms with E-state index in [9.17, 15) is 18.8 Å². The molecule has 0 aliphatic carbocycles. The SMILES string of the molecule is CCOC(=O)c1ccc(NC(=NC)SC2CC(=O)N(c3ccccc3F)C2=O)cc1. The largest absolute Gasteiger partial charge is 0.462 e. The zero-order valence-corrected chi connectivity index (χ0v) is 17.2. The number of para-hydroxylation sites is 1. The van der Waals surface area contributed by atoms with Crippen LogP contribution in [0.4, 0.5) is 15.8 Å². The van der Waals surface area contributed by atoms with E-state index in [1.54, 1.807) is 44.3 Å². The molecule has 2 amide bonds. The standard InChI is InChI=1S/C21H20FN3O4S/c1-3-29-20(28)13-8-10-14(11-9-13)24-21(23-2)30-17-12-18(26)25(19(17)27)16-7-5-4-6-15(16)22/h4-11,17H,3,12H2,1-2H3,(H,23,24). The first-order chi connectivity index (χ1) is 14.4. The molecule has 2 aromatic rings. The Bertz CT molecular complexity index is 994. The fraction of sp³-hybridized carbons (Fsp3) is 0.238. The van der Waals surface area contributed by atoms with Crippen LogP contribution in [0, 0.1) is 5.82 Å². The first-order valence-corrected chi connectivity index (χ1v) is 10.1. The summed E-state index contributed by atoms with van der Waals surface area (Å²) in [6.07, 6.45) is -0.0552. The van der Waals surface area contributed by atoms with Gasteiger partial charge in [0.2, 0.25) is 11.8 Å². The van der Waals surface area contributed by atoms with E-state index >= 15 is 0 Å². The molecule has 1 fully saturated rings. The van der Waals surface area contributed by atoms with Crippen molar-refractivity contribution in [3.8, 4) is 0 Å². The van der Waals surface area contributed by atoms with Gasteiger partial charge in [-0.15, -0.1) is 0 Å². The van der Waals surface area contributed by atoms with Crippen molar-refractivity contribution in [3.05, 3.63) is 59.9 Å². The molecule has 1 atom stereocenters. The highest BCUT2D eigenvalue weighted by Crippen LogP contribution is 2.32. The number of esters is 1. The Morgan fingerprint density at radius 3 is 2.57 bits per heavy atom. The van der Waals surface area contributed by atoms with Crippen molar-refractivity contribution >= 4 is 46.1 Å². The lowest BCUT2D eigenvalue weighted by Crippen LogP contribution is -2.32. The van der Waals surface area contributed by atoms with Crippen LogP contribution in [0.2, 0.25) is 0 Å². The van der Waals surface area contributed by atoms with Gasteiger partial charge in [-0.2, -0.15) is 0 Å². The van der Waals surface area contributed by atoms with Crippen molar-refractivity contribution in [1.82, 2.24) is 0 Å². The normalized spacial score (nSPS) is 16.7. The Labute approximate surface area is 177 Å². The number of benzene rings is 2. The van der Waals surface area contributed by atoms with Gasteiger partial charge in [0.15, 0.2) is 5.17 Å². The summed E-state index contributed by atoms with van der Waals surface area (Å²) in [5.74, 6) is -1.99. The van der Waals surface area contributed by atoms with Crippen LogP contribution in [0.5, 0.6) is 0 Å². The molecule has 2 aromatic carbocycles. The summed E-state index contributed by atoms with van der Waals surface area (Å²) in [6.45, 7) is 2.03. The van der Waals surface area contributed by atoms with Crippen molar-refractivity contribution in [3.63, 3.8) is 0 Å². The van der Waals surface area contributed by atoms with Crippen molar-refractivity contribution in [2.45, 2.75) is 18.6 Å². The van der Waals surface area contributed by atoms with E-state index in [2.05, 4.69) is 10.3 Å². The second-order valence-electron chi connectivity index (χ2n) is 6.28. The minimum Gasteiger partial charge on any atom is -0.462 e. The Hall–Kier alpha value is -3.20. The number of amidine groups is 1. The number of hydrogen-bond acceptors (Lipinski definition) is 6. The molecule has 1 saturated heterocycles. The van der Waals surface area contributed by atoms with Crippen molar-refractivity contribution in [2.24, 2.45) is 4.99 Å². The van der Waals surface area contributed by atoms with E-state index in [0.717, 1.165) is 16.7 Å². The van der Waals surface area contributed by atoms with Gasteiger partial charge in [0.1, 0.15) is 11.1 Å². The van der Waals surface area contributed by atoms with Crippen LogP contribution in [-0.2, 0) is 14.3 Å². The zero-order chi connectivity index (χ0) is 21.7. The number of rotatable bonds is 5. The molecular formula is C21H20FN3O4S. The molecule has 156 valence electrons. The zero-order valence-electron chi connectivity index (χ0n) is 16.4. The molecule has 1 unspecified atom stereocenters. The Morgan fingerprint density at radius 2 is 1.93 bits per heavy atom. The average Bonchev–Trinajstić information content (AvgIpc) is 3.01. The summed E-state index contributed by atoms with van der Waals surface area (Å²) in [4.78, 5) is 41.8. The number of nitrogens with zero attached hydrogens (tertiary/aromatic N) is 2. The maximum absolute atomic E-state index is 14.0. The molecule has 1 heterocycles. The van der Waals surface area contributed by atoms with Gasteiger partial charge in [0.05, 0.1) is 17.9 Å². The van der Waals surface area contributed by atoms with Crippen LogP contribution in [-0.4, -0.2) is 41.9 Å². The van der Waals surface area contributed by atoms with Gasteiger partial charge in [0.25, 0.3) is 0 Å². The predicted molar refractivity (Wildman–Crippen MR) is 114 cm³/mol. The molecule has 0 aromatic heterocycles. The monoisotopic (exact) mass is 429 g/mol. The van der Waals surface area contributed by atoms with Gasteiger partial charge in [-0.25, -0.2) is 14.1 Å². The van der Waals surface area contributed by atoms with Crippen LogP contribution >= 0.6 is 11.8 Å². The summed E-state index contributed by atoms with van der Waals surface area (Å²) in [7, 11) is 1.55. The van der Waals surface area contributed by atoms with Crippen LogP contribution < -0.4 is 10.2 Å². The highest BCUT2D eigenvalue weighted by atomic mass is 32.2. The van der Waals surface area contributed by atoms with E-state index in [-0.39, 0.29) is 12.1 Å². The average molecular weight is 429 g/mol. The maximum atomic E-state index is 14.0. The highest BCUT2D eigenvalue weighted by molar-refractivity contribution is 8.15. The quantitative estimate of drug-likeness (QED) is 0.339. The van der Waals surface area contributed by atoms with Crippen LogP contribution in [0.15, 0.2) is 53.5 Å². The van der Waals surface area contributed by atoms with Gasteiger partial charge < -0.3 is 10.1 Å². The third-order valence-corrected chi connectivity index (χ3v) is 5.46. The summed E-state index contributed by atoms with van der Waals surface area (Å²) in [5, 5.41) is 2.76. The number of anilines is 2. The molecule has 0 spiro atoms. The van der Waals surface area contributed by atoms with Crippen LogP contribution in [0.3, 0.4) is 0 Å². The number of aliphatic imine (C=N–C) groups is 1. The second-order valence-corrected chi connectivity index (χ2v) is 7.47. The minimum atomic E-state index is -0.720. The Morgan fingerprint density at radius 1 is 1.23 bits per heavy atom.